The van der Waals surface area contributed by atoms with E-state index in [1.165, 1.54) is 0 Å². The zero-order valence-electron chi connectivity index (χ0n) is 14.0. The topological polar surface area (TPSA) is 77.8 Å². The molecule has 124 valence electrons. The van der Waals surface area contributed by atoms with Gasteiger partial charge in [-0.1, -0.05) is 0 Å². The molecule has 1 saturated heterocycles. The average molecular weight is 316 g/mol. The smallest absolute Gasteiger partial charge is 0.147 e. The van der Waals surface area contributed by atoms with Gasteiger partial charge in [0.25, 0.3) is 0 Å². The number of hydrogen-bond acceptors (Lipinski definition) is 6. The van der Waals surface area contributed by atoms with E-state index in [0.717, 1.165) is 68.1 Å². The van der Waals surface area contributed by atoms with Crippen LogP contribution in [0.25, 0.3) is 0 Å². The van der Waals surface area contributed by atoms with Gasteiger partial charge in [0.05, 0.1) is 12.3 Å². The van der Waals surface area contributed by atoms with Gasteiger partial charge >= 0.3 is 0 Å². The van der Waals surface area contributed by atoms with E-state index >= 15 is 0 Å². The van der Waals surface area contributed by atoms with Crippen LogP contribution in [0, 0.1) is 20.8 Å². The van der Waals surface area contributed by atoms with Crippen LogP contribution in [0.4, 0.5) is 5.82 Å². The summed E-state index contributed by atoms with van der Waals surface area (Å²) in [6, 6.07) is 2.05. The van der Waals surface area contributed by atoms with Gasteiger partial charge in [-0.15, -0.1) is 0 Å². The molecule has 1 N–H and O–H groups in total. The van der Waals surface area contributed by atoms with E-state index < -0.39 is 0 Å². The van der Waals surface area contributed by atoms with E-state index in [2.05, 4.69) is 31.4 Å². The van der Waals surface area contributed by atoms with Crippen molar-refractivity contribution in [2.45, 2.75) is 46.1 Å². The summed E-state index contributed by atoms with van der Waals surface area (Å²) in [7, 11) is 0. The molecule has 3 rings (SSSR count). The van der Waals surface area contributed by atoms with E-state index in [1.807, 2.05) is 25.5 Å². The van der Waals surface area contributed by atoms with Crippen LogP contribution in [-0.2, 0) is 11.3 Å². The highest BCUT2D eigenvalue weighted by molar-refractivity contribution is 5.37. The van der Waals surface area contributed by atoms with E-state index in [1.54, 1.807) is 0 Å². The summed E-state index contributed by atoms with van der Waals surface area (Å²) >= 11 is 0. The van der Waals surface area contributed by atoms with E-state index in [9.17, 15) is 0 Å². The predicted molar refractivity (Wildman–Crippen MR) is 87.5 cm³/mol. The van der Waals surface area contributed by atoms with Crippen molar-refractivity contribution in [2.24, 2.45) is 0 Å². The Bertz CT molecular complexity index is 663. The molecule has 0 bridgehead atoms. The van der Waals surface area contributed by atoms with Crippen LogP contribution in [-0.4, -0.2) is 44.5 Å². The van der Waals surface area contributed by atoms with Gasteiger partial charge in [0.2, 0.25) is 0 Å². The fourth-order valence-corrected chi connectivity index (χ4v) is 2.88. The minimum Gasteiger partial charge on any atom is -0.381 e. The Morgan fingerprint density at radius 3 is 2.78 bits per heavy atom. The second-order valence-electron chi connectivity index (χ2n) is 6.00. The monoisotopic (exact) mass is 316 g/mol. The SMILES string of the molecule is Cc1nc(NCCCn2nc(C)nc2C)cc([C@@H]2CCOC2)n1. The molecular weight excluding hydrogens is 292 g/mol. The standard InChI is InChI=1S/C16H24N6O/c1-11-19-15(14-5-8-23-10-14)9-16(20-11)17-6-4-7-22-13(3)18-12(2)21-22/h9,14H,4-8,10H2,1-3H3,(H,17,19,20)/t14-/m1/s1. The zero-order chi connectivity index (χ0) is 16.2. The Labute approximate surface area is 136 Å². The van der Waals surface area contributed by atoms with E-state index in [-0.39, 0.29) is 0 Å². The van der Waals surface area contributed by atoms with Gasteiger partial charge in [0.15, 0.2) is 0 Å². The third-order valence-corrected chi connectivity index (χ3v) is 4.02. The molecule has 0 aliphatic carbocycles. The molecule has 0 amide bonds. The van der Waals surface area contributed by atoms with E-state index in [4.69, 9.17) is 4.74 Å². The minimum absolute atomic E-state index is 0.401. The lowest BCUT2D eigenvalue weighted by Crippen LogP contribution is -2.11. The highest BCUT2D eigenvalue weighted by atomic mass is 16.5. The molecule has 0 saturated carbocycles. The normalized spacial score (nSPS) is 17.6. The fraction of sp³-hybridized carbons (Fsp3) is 0.625. The van der Waals surface area contributed by atoms with Crippen molar-refractivity contribution in [3.05, 3.63) is 29.2 Å². The van der Waals surface area contributed by atoms with Gasteiger partial charge in [-0.2, -0.15) is 5.10 Å². The molecule has 1 fully saturated rings. The molecule has 1 atom stereocenters. The zero-order valence-corrected chi connectivity index (χ0v) is 14.0. The molecule has 0 aromatic carbocycles. The molecule has 7 heteroatoms. The van der Waals surface area contributed by atoms with Crippen molar-refractivity contribution in [3.8, 4) is 0 Å². The third-order valence-electron chi connectivity index (χ3n) is 4.02. The quantitative estimate of drug-likeness (QED) is 0.821. The summed E-state index contributed by atoms with van der Waals surface area (Å²) in [5.41, 5.74) is 1.08. The molecule has 0 radical (unpaired) electrons. The Kier molecular flexibility index (Phi) is 4.85. The van der Waals surface area contributed by atoms with Crippen LogP contribution in [0.1, 0.15) is 41.9 Å². The average Bonchev–Trinajstić information content (AvgIpc) is 3.13. The molecule has 2 aromatic rings. The van der Waals surface area contributed by atoms with Crippen molar-refractivity contribution in [3.63, 3.8) is 0 Å². The summed E-state index contributed by atoms with van der Waals surface area (Å²) in [6.07, 6.45) is 2.01. The van der Waals surface area contributed by atoms with Crippen LogP contribution < -0.4 is 5.32 Å². The van der Waals surface area contributed by atoms with Gasteiger partial charge in [0.1, 0.15) is 23.3 Å². The lowest BCUT2D eigenvalue weighted by Gasteiger charge is -2.11. The number of rotatable bonds is 6. The Morgan fingerprint density at radius 1 is 1.22 bits per heavy atom. The molecule has 23 heavy (non-hydrogen) atoms. The maximum atomic E-state index is 5.46. The van der Waals surface area contributed by atoms with Crippen molar-refractivity contribution >= 4 is 5.82 Å². The first kappa shape index (κ1) is 15.9. The van der Waals surface area contributed by atoms with Crippen LogP contribution in [0.5, 0.6) is 0 Å². The van der Waals surface area contributed by atoms with Crippen molar-refractivity contribution in [1.82, 2.24) is 24.7 Å². The fourth-order valence-electron chi connectivity index (χ4n) is 2.88. The first-order valence-corrected chi connectivity index (χ1v) is 8.17. The van der Waals surface area contributed by atoms with Gasteiger partial charge in [0, 0.05) is 31.7 Å². The Morgan fingerprint density at radius 2 is 2.09 bits per heavy atom. The second kappa shape index (κ2) is 7.04. The molecule has 1 aliphatic rings. The van der Waals surface area contributed by atoms with Crippen molar-refractivity contribution < 1.29 is 4.74 Å². The predicted octanol–water partition coefficient (Wildman–Crippen LogP) is 2.00. The molecule has 1 aliphatic heterocycles. The highest BCUT2D eigenvalue weighted by Gasteiger charge is 2.20. The maximum absolute atomic E-state index is 5.46. The third kappa shape index (κ3) is 4.04. The van der Waals surface area contributed by atoms with Gasteiger partial charge in [-0.25, -0.2) is 15.0 Å². The first-order valence-electron chi connectivity index (χ1n) is 8.17. The molecule has 7 nitrogen and oxygen atoms in total. The van der Waals surface area contributed by atoms with Crippen molar-refractivity contribution in [2.75, 3.05) is 25.1 Å². The largest absolute Gasteiger partial charge is 0.381 e. The van der Waals surface area contributed by atoms with Crippen LogP contribution >= 0.6 is 0 Å². The number of hydrogen-bond donors (Lipinski definition) is 1. The minimum atomic E-state index is 0.401. The number of nitrogens with one attached hydrogen (secondary N) is 1. The molecule has 0 spiro atoms. The number of aromatic nitrogens is 5. The molecule has 0 unspecified atom stereocenters. The van der Waals surface area contributed by atoms with Gasteiger partial charge in [-0.3, -0.25) is 4.68 Å². The number of anilines is 1. The molecule has 2 aromatic heterocycles. The van der Waals surface area contributed by atoms with Gasteiger partial charge < -0.3 is 10.1 Å². The molecular formula is C16H24N6O. The lowest BCUT2D eigenvalue weighted by molar-refractivity contribution is 0.193. The van der Waals surface area contributed by atoms with Crippen LogP contribution in [0.2, 0.25) is 0 Å². The second-order valence-corrected chi connectivity index (χ2v) is 6.00. The summed E-state index contributed by atoms with van der Waals surface area (Å²) < 4.78 is 7.40. The number of nitrogens with zero attached hydrogens (tertiary/aromatic N) is 5. The van der Waals surface area contributed by atoms with Crippen molar-refractivity contribution in [1.29, 1.82) is 0 Å². The summed E-state index contributed by atoms with van der Waals surface area (Å²) in [5, 5.41) is 7.77. The first-order chi connectivity index (χ1) is 11.1. The van der Waals surface area contributed by atoms with E-state index in [0.29, 0.717) is 5.92 Å². The highest BCUT2D eigenvalue weighted by Crippen LogP contribution is 2.24. The Balaban J connectivity index is 1.54. The number of aryl methyl sites for hydroxylation is 4. The maximum Gasteiger partial charge on any atom is 0.147 e. The van der Waals surface area contributed by atoms with Gasteiger partial charge in [-0.05, 0) is 33.6 Å². The summed E-state index contributed by atoms with van der Waals surface area (Å²) in [4.78, 5) is 13.3. The van der Waals surface area contributed by atoms with Crippen LogP contribution in [0.15, 0.2) is 6.07 Å². The lowest BCUT2D eigenvalue weighted by atomic mass is 10.0. The summed E-state index contributed by atoms with van der Waals surface area (Å²) in [5.74, 6) is 3.89. The van der Waals surface area contributed by atoms with Crippen LogP contribution in [0.3, 0.4) is 0 Å². The number of ether oxygens (including phenoxy) is 1. The Hall–Kier alpha value is -2.02. The molecule has 3 heterocycles. The summed E-state index contributed by atoms with van der Waals surface area (Å²) in [6.45, 7) is 9.12.